The maximum Gasteiger partial charge on any atom is 0.347 e. The SMILES string of the molecule is CCOP(=O)(OCC)C(N)Cc1cc(I)c(Oc2ccc(I)cc2O)c(I)c1. The molecule has 28 heavy (non-hydrogen) atoms. The molecule has 0 saturated carbocycles. The van der Waals surface area contributed by atoms with Crippen LogP contribution in [0.15, 0.2) is 30.3 Å². The van der Waals surface area contributed by atoms with Crippen LogP contribution in [-0.4, -0.2) is 24.1 Å². The van der Waals surface area contributed by atoms with Gasteiger partial charge in [-0.05, 0) is 124 Å². The number of hydrogen-bond acceptors (Lipinski definition) is 6. The molecule has 2 aromatic carbocycles. The molecule has 0 aliphatic heterocycles. The summed E-state index contributed by atoms with van der Waals surface area (Å²) >= 11 is 6.47. The molecule has 1 unspecified atom stereocenters. The number of ether oxygens (including phenoxy) is 1. The number of hydrogen-bond donors (Lipinski definition) is 2. The maximum absolute atomic E-state index is 12.8. The van der Waals surface area contributed by atoms with Gasteiger partial charge in [-0.3, -0.25) is 4.57 Å². The molecule has 10 heteroatoms. The Morgan fingerprint density at radius 1 is 1.07 bits per heavy atom. The third-order valence-corrected chi connectivity index (χ3v) is 8.16. The summed E-state index contributed by atoms with van der Waals surface area (Å²) in [7, 11) is -3.38. The molecule has 0 saturated heterocycles. The van der Waals surface area contributed by atoms with Gasteiger partial charge in [0.1, 0.15) is 5.78 Å². The highest BCUT2D eigenvalue weighted by Crippen LogP contribution is 2.52. The number of nitrogens with two attached hydrogens (primary N) is 1. The summed E-state index contributed by atoms with van der Waals surface area (Å²) in [5.41, 5.74) is 7.07. The van der Waals surface area contributed by atoms with Crippen molar-refractivity contribution in [3.05, 3.63) is 46.6 Å². The third kappa shape index (κ3) is 6.42. The normalized spacial score (nSPS) is 12.8. The molecule has 3 N–H and O–H groups in total. The van der Waals surface area contributed by atoms with Gasteiger partial charge in [0, 0.05) is 3.57 Å². The highest BCUT2D eigenvalue weighted by atomic mass is 127. The average molecular weight is 743 g/mol. The van der Waals surface area contributed by atoms with Crippen molar-refractivity contribution in [2.75, 3.05) is 13.2 Å². The van der Waals surface area contributed by atoms with Crippen LogP contribution in [0.5, 0.6) is 17.2 Å². The lowest BCUT2D eigenvalue weighted by atomic mass is 10.1. The van der Waals surface area contributed by atoms with Gasteiger partial charge in [-0.15, -0.1) is 0 Å². The van der Waals surface area contributed by atoms with Crippen molar-refractivity contribution in [3.8, 4) is 17.2 Å². The van der Waals surface area contributed by atoms with Crippen molar-refractivity contribution in [2.45, 2.75) is 26.1 Å². The summed E-state index contributed by atoms with van der Waals surface area (Å²) in [6, 6.07) is 9.07. The number of phenolic OH excluding ortho intramolecular Hbond substituents is 1. The standard InChI is InChI=1S/C18H21I3NO5P/c1-3-25-28(24,26-4-2)17(22)9-11-7-13(20)18(14(21)8-11)27-16-6-5-12(19)10-15(16)23/h5-8,10,17,23H,3-4,9,22H2,1-2H3. The van der Waals surface area contributed by atoms with Crippen molar-refractivity contribution in [1.29, 1.82) is 0 Å². The van der Waals surface area contributed by atoms with E-state index in [1.54, 1.807) is 26.0 Å². The van der Waals surface area contributed by atoms with Crippen LogP contribution in [0.1, 0.15) is 19.4 Å². The van der Waals surface area contributed by atoms with Gasteiger partial charge in [0.25, 0.3) is 0 Å². The molecule has 0 bridgehead atoms. The van der Waals surface area contributed by atoms with Crippen LogP contribution in [0.3, 0.4) is 0 Å². The molecule has 0 heterocycles. The van der Waals surface area contributed by atoms with Gasteiger partial charge in [0.05, 0.1) is 20.4 Å². The van der Waals surface area contributed by atoms with Crippen LogP contribution in [0.2, 0.25) is 0 Å². The summed E-state index contributed by atoms with van der Waals surface area (Å²) in [6.07, 6.45) is 0.346. The Labute approximate surface area is 205 Å². The van der Waals surface area contributed by atoms with Crippen molar-refractivity contribution >= 4 is 75.4 Å². The van der Waals surface area contributed by atoms with Gasteiger partial charge in [0.15, 0.2) is 17.2 Å². The van der Waals surface area contributed by atoms with E-state index < -0.39 is 13.4 Å². The first-order valence-corrected chi connectivity index (χ1v) is 13.3. The molecule has 0 spiro atoms. The quantitative estimate of drug-likeness (QED) is 0.239. The minimum Gasteiger partial charge on any atom is -0.504 e. The first-order chi connectivity index (χ1) is 13.2. The second-order valence-electron chi connectivity index (χ2n) is 5.75. The fourth-order valence-electron chi connectivity index (χ4n) is 2.46. The van der Waals surface area contributed by atoms with Crippen molar-refractivity contribution in [3.63, 3.8) is 0 Å². The second-order valence-corrected chi connectivity index (χ2v) is 11.6. The van der Waals surface area contributed by atoms with Crippen molar-refractivity contribution in [2.24, 2.45) is 5.73 Å². The van der Waals surface area contributed by atoms with Gasteiger partial charge in [-0.25, -0.2) is 0 Å². The summed E-state index contributed by atoms with van der Waals surface area (Å²) in [5, 5.41) is 10.1. The molecule has 0 amide bonds. The average Bonchev–Trinajstić information content (AvgIpc) is 2.60. The van der Waals surface area contributed by atoms with E-state index in [0.717, 1.165) is 16.3 Å². The van der Waals surface area contributed by atoms with Gasteiger partial charge in [-0.1, -0.05) is 0 Å². The minimum absolute atomic E-state index is 0.0824. The molecule has 2 rings (SSSR count). The Morgan fingerprint density at radius 3 is 2.14 bits per heavy atom. The molecular weight excluding hydrogens is 722 g/mol. The van der Waals surface area contributed by atoms with Crippen LogP contribution >= 0.6 is 75.4 Å². The van der Waals surface area contributed by atoms with Gasteiger partial charge >= 0.3 is 7.60 Å². The molecule has 0 radical (unpaired) electrons. The second kappa shape index (κ2) is 11.1. The number of halogens is 3. The lowest BCUT2D eigenvalue weighted by Crippen LogP contribution is -2.25. The maximum atomic E-state index is 12.8. The van der Waals surface area contributed by atoms with Gasteiger partial charge in [0.2, 0.25) is 0 Å². The van der Waals surface area contributed by atoms with Crippen LogP contribution < -0.4 is 10.5 Å². The molecule has 154 valence electrons. The van der Waals surface area contributed by atoms with Crippen molar-refractivity contribution < 1.29 is 23.5 Å². The van der Waals surface area contributed by atoms with E-state index >= 15 is 0 Å². The number of benzene rings is 2. The Morgan fingerprint density at radius 2 is 1.64 bits per heavy atom. The van der Waals surface area contributed by atoms with Crippen LogP contribution in [-0.2, 0) is 20.0 Å². The highest BCUT2D eigenvalue weighted by Gasteiger charge is 2.32. The van der Waals surface area contributed by atoms with E-state index in [1.165, 1.54) is 0 Å². The van der Waals surface area contributed by atoms with Crippen LogP contribution in [0.25, 0.3) is 0 Å². The Hall–Kier alpha value is 0.340. The van der Waals surface area contributed by atoms with E-state index in [4.69, 9.17) is 19.5 Å². The molecule has 6 nitrogen and oxygen atoms in total. The summed E-state index contributed by atoms with van der Waals surface area (Å²) in [4.78, 5) is 0. The Bertz CT molecular complexity index is 847. The zero-order valence-corrected chi connectivity index (χ0v) is 22.7. The molecule has 0 aliphatic rings. The summed E-state index contributed by atoms with van der Waals surface area (Å²) < 4.78 is 32.1. The highest BCUT2D eigenvalue weighted by molar-refractivity contribution is 14.1. The number of phenols is 1. The predicted octanol–water partition coefficient (Wildman–Crippen LogP) is 6.09. The van der Waals surface area contributed by atoms with E-state index in [9.17, 15) is 9.67 Å². The fraction of sp³-hybridized carbons (Fsp3) is 0.333. The lowest BCUT2D eigenvalue weighted by molar-refractivity contribution is 0.212. The van der Waals surface area contributed by atoms with Crippen molar-refractivity contribution in [1.82, 2.24) is 0 Å². The third-order valence-electron chi connectivity index (χ3n) is 3.66. The Balaban J connectivity index is 2.24. The lowest BCUT2D eigenvalue weighted by Gasteiger charge is -2.23. The smallest absolute Gasteiger partial charge is 0.347 e. The summed E-state index contributed by atoms with van der Waals surface area (Å²) in [5.74, 6) is 0.357. The largest absolute Gasteiger partial charge is 0.504 e. The molecule has 0 fully saturated rings. The van der Waals surface area contributed by atoms with Gasteiger partial charge in [-0.2, -0.15) is 0 Å². The number of rotatable bonds is 9. The minimum atomic E-state index is -3.38. The van der Waals surface area contributed by atoms with E-state index in [2.05, 4.69) is 67.8 Å². The molecular formula is C18H21I3NO5P. The monoisotopic (exact) mass is 743 g/mol. The van der Waals surface area contributed by atoms with Gasteiger partial charge < -0.3 is 24.6 Å². The first-order valence-electron chi connectivity index (χ1n) is 8.48. The zero-order valence-electron chi connectivity index (χ0n) is 15.3. The number of aromatic hydroxyl groups is 1. The molecule has 0 aliphatic carbocycles. The Kier molecular flexibility index (Phi) is 9.75. The van der Waals surface area contributed by atoms with E-state index in [1.807, 2.05) is 18.2 Å². The molecule has 0 aromatic heterocycles. The molecule has 2 aromatic rings. The summed E-state index contributed by atoms with van der Waals surface area (Å²) in [6.45, 7) is 4.06. The first kappa shape index (κ1) is 24.6. The molecule has 1 atom stereocenters. The van der Waals surface area contributed by atoms with Crippen LogP contribution in [0, 0.1) is 10.7 Å². The van der Waals surface area contributed by atoms with Crippen LogP contribution in [0.4, 0.5) is 0 Å². The zero-order chi connectivity index (χ0) is 20.9. The van der Waals surface area contributed by atoms with E-state index in [0.29, 0.717) is 17.9 Å². The predicted molar refractivity (Wildman–Crippen MR) is 135 cm³/mol. The topological polar surface area (TPSA) is 91.0 Å². The van der Waals surface area contributed by atoms with E-state index in [-0.39, 0.29) is 19.0 Å². The fourth-order valence-corrected chi connectivity index (χ4v) is 6.66.